The molecule has 1 saturated heterocycles. The van der Waals surface area contributed by atoms with Gasteiger partial charge in [0.25, 0.3) is 0 Å². The normalized spacial score (nSPS) is 19.6. The molecule has 0 saturated carbocycles. The van der Waals surface area contributed by atoms with E-state index in [0.29, 0.717) is 24.3 Å². The quantitative estimate of drug-likeness (QED) is 0.506. The van der Waals surface area contributed by atoms with Crippen LogP contribution >= 0.6 is 0 Å². The monoisotopic (exact) mass is 407 g/mol. The number of nitrogens with two attached hydrogens (primary N) is 1. The minimum absolute atomic E-state index is 0.353. The van der Waals surface area contributed by atoms with Gasteiger partial charge in [0.05, 0.1) is 5.56 Å². The second kappa shape index (κ2) is 9.56. The van der Waals surface area contributed by atoms with Gasteiger partial charge in [0.2, 0.25) is 0 Å². The van der Waals surface area contributed by atoms with Gasteiger partial charge in [0.15, 0.2) is 0 Å². The lowest BCUT2D eigenvalue weighted by Gasteiger charge is -2.20. The number of hydrogen-bond donors (Lipinski definition) is 4. The number of halogens is 3. The summed E-state index contributed by atoms with van der Waals surface area (Å²) in [5.41, 5.74) is 8.21. The molecule has 0 radical (unpaired) electrons. The van der Waals surface area contributed by atoms with Crippen molar-refractivity contribution in [3.63, 3.8) is 0 Å². The van der Waals surface area contributed by atoms with Crippen molar-refractivity contribution in [3.8, 4) is 0 Å². The van der Waals surface area contributed by atoms with E-state index in [1.165, 1.54) is 12.1 Å². The van der Waals surface area contributed by atoms with Crippen LogP contribution in [0.25, 0.3) is 0 Å². The molecular formula is C21H28F3N5. The number of aromatic nitrogens is 1. The molecule has 1 fully saturated rings. The lowest BCUT2D eigenvalue weighted by Crippen LogP contribution is -2.40. The van der Waals surface area contributed by atoms with E-state index >= 15 is 0 Å². The van der Waals surface area contributed by atoms with Crippen LogP contribution in [0.3, 0.4) is 0 Å². The fourth-order valence-electron chi connectivity index (χ4n) is 3.72. The van der Waals surface area contributed by atoms with Gasteiger partial charge in [-0.05, 0) is 61.2 Å². The van der Waals surface area contributed by atoms with Gasteiger partial charge in [-0.2, -0.15) is 13.2 Å². The number of aryl methyl sites for hydroxylation is 1. The van der Waals surface area contributed by atoms with E-state index in [9.17, 15) is 13.2 Å². The van der Waals surface area contributed by atoms with Crippen molar-refractivity contribution in [2.75, 3.05) is 31.9 Å². The van der Waals surface area contributed by atoms with E-state index in [0.717, 1.165) is 61.6 Å². The molecule has 0 bridgehead atoms. The molecule has 2 atom stereocenters. The number of hydrogen-bond acceptors (Lipinski definition) is 5. The molecule has 1 aromatic heterocycles. The van der Waals surface area contributed by atoms with Crippen molar-refractivity contribution < 1.29 is 13.2 Å². The van der Waals surface area contributed by atoms with E-state index in [-0.39, 0.29) is 0 Å². The molecule has 29 heavy (non-hydrogen) atoms. The SMILES string of the molecule is Cc1cc(N)nc(C[C@H]2CNC[C@@H]2NCCNCc2ccc(C(F)(F)F)cc2)c1. The van der Waals surface area contributed by atoms with Gasteiger partial charge in [-0.3, -0.25) is 0 Å². The van der Waals surface area contributed by atoms with Crippen molar-refractivity contribution in [3.05, 3.63) is 58.8 Å². The van der Waals surface area contributed by atoms with Gasteiger partial charge in [-0.15, -0.1) is 0 Å². The number of benzene rings is 1. The Hall–Kier alpha value is -2.16. The highest BCUT2D eigenvalue weighted by Gasteiger charge is 2.30. The topological polar surface area (TPSA) is 75.0 Å². The van der Waals surface area contributed by atoms with Crippen LogP contribution in [-0.2, 0) is 19.1 Å². The third kappa shape index (κ3) is 6.42. The molecule has 8 heteroatoms. The third-order valence-electron chi connectivity index (χ3n) is 5.17. The zero-order chi connectivity index (χ0) is 20.9. The standard InChI is InChI=1S/C21H28F3N5/c1-14-8-18(29-20(25)9-14)10-16-12-27-13-19(16)28-7-6-26-11-15-2-4-17(5-3-15)21(22,23)24/h2-5,8-9,16,19,26-28H,6-7,10-13H2,1H3,(H2,25,29)/t16-,19-/m0/s1. The molecule has 1 aliphatic heterocycles. The summed E-state index contributed by atoms with van der Waals surface area (Å²) in [6.07, 6.45) is -3.42. The van der Waals surface area contributed by atoms with Crippen LogP contribution in [0.15, 0.2) is 36.4 Å². The zero-order valence-electron chi connectivity index (χ0n) is 16.5. The van der Waals surface area contributed by atoms with Crippen molar-refractivity contribution >= 4 is 5.82 Å². The molecule has 158 valence electrons. The number of anilines is 1. The van der Waals surface area contributed by atoms with Gasteiger partial charge >= 0.3 is 6.18 Å². The Morgan fingerprint density at radius 2 is 1.90 bits per heavy atom. The van der Waals surface area contributed by atoms with E-state index in [1.807, 2.05) is 13.0 Å². The maximum absolute atomic E-state index is 12.6. The second-order valence-electron chi connectivity index (χ2n) is 7.62. The van der Waals surface area contributed by atoms with E-state index < -0.39 is 11.7 Å². The van der Waals surface area contributed by atoms with Crippen LogP contribution in [0.5, 0.6) is 0 Å². The van der Waals surface area contributed by atoms with E-state index in [2.05, 4.69) is 27.0 Å². The van der Waals surface area contributed by atoms with Crippen molar-refractivity contribution in [2.24, 2.45) is 5.92 Å². The van der Waals surface area contributed by atoms with Crippen LogP contribution in [0, 0.1) is 12.8 Å². The Morgan fingerprint density at radius 3 is 2.59 bits per heavy atom. The summed E-state index contributed by atoms with van der Waals surface area (Å²) in [5.74, 6) is 1.00. The highest BCUT2D eigenvalue weighted by atomic mass is 19.4. The lowest BCUT2D eigenvalue weighted by molar-refractivity contribution is -0.137. The van der Waals surface area contributed by atoms with Crippen molar-refractivity contribution in [2.45, 2.75) is 32.1 Å². The number of nitrogens with one attached hydrogen (secondary N) is 3. The van der Waals surface area contributed by atoms with Crippen molar-refractivity contribution in [1.29, 1.82) is 0 Å². The fourth-order valence-corrected chi connectivity index (χ4v) is 3.72. The molecule has 0 spiro atoms. The smallest absolute Gasteiger partial charge is 0.384 e. The third-order valence-corrected chi connectivity index (χ3v) is 5.17. The molecule has 2 heterocycles. The molecule has 3 rings (SSSR count). The number of nitrogens with zero attached hydrogens (tertiary/aromatic N) is 1. The molecule has 0 unspecified atom stereocenters. The average molecular weight is 407 g/mol. The first-order chi connectivity index (χ1) is 13.8. The minimum atomic E-state index is -4.29. The minimum Gasteiger partial charge on any atom is -0.384 e. The summed E-state index contributed by atoms with van der Waals surface area (Å²) in [7, 11) is 0. The molecule has 0 aliphatic carbocycles. The number of pyridine rings is 1. The Balaban J connectivity index is 1.39. The number of rotatable bonds is 8. The van der Waals surface area contributed by atoms with E-state index in [4.69, 9.17) is 5.73 Å². The summed E-state index contributed by atoms with van der Waals surface area (Å²) in [6.45, 7) is 5.93. The van der Waals surface area contributed by atoms with Gasteiger partial charge in [-0.25, -0.2) is 4.98 Å². The van der Waals surface area contributed by atoms with E-state index in [1.54, 1.807) is 0 Å². The predicted molar refractivity (Wildman–Crippen MR) is 108 cm³/mol. The van der Waals surface area contributed by atoms with Crippen molar-refractivity contribution in [1.82, 2.24) is 20.9 Å². The summed E-state index contributed by atoms with van der Waals surface area (Å²) < 4.78 is 37.8. The Labute approximate surface area is 169 Å². The summed E-state index contributed by atoms with van der Waals surface area (Å²) in [4.78, 5) is 4.44. The summed E-state index contributed by atoms with van der Waals surface area (Å²) in [5, 5.41) is 10.3. The zero-order valence-corrected chi connectivity index (χ0v) is 16.5. The van der Waals surface area contributed by atoms with Gasteiger partial charge < -0.3 is 21.7 Å². The molecule has 5 N–H and O–H groups in total. The first-order valence-corrected chi connectivity index (χ1v) is 9.85. The number of alkyl halides is 3. The van der Waals surface area contributed by atoms with Gasteiger partial charge in [0, 0.05) is 37.9 Å². The largest absolute Gasteiger partial charge is 0.416 e. The first-order valence-electron chi connectivity index (χ1n) is 9.85. The molecule has 1 aliphatic rings. The van der Waals surface area contributed by atoms with Crippen LogP contribution < -0.4 is 21.7 Å². The van der Waals surface area contributed by atoms with Crippen LogP contribution in [0.4, 0.5) is 19.0 Å². The van der Waals surface area contributed by atoms with Crippen LogP contribution in [0.2, 0.25) is 0 Å². The van der Waals surface area contributed by atoms with Crippen LogP contribution in [-0.4, -0.2) is 37.2 Å². The molecule has 5 nitrogen and oxygen atoms in total. The lowest BCUT2D eigenvalue weighted by atomic mass is 9.97. The fraction of sp³-hybridized carbons (Fsp3) is 0.476. The average Bonchev–Trinajstić information content (AvgIpc) is 3.07. The second-order valence-corrected chi connectivity index (χ2v) is 7.62. The molecule has 2 aromatic rings. The Morgan fingerprint density at radius 1 is 1.14 bits per heavy atom. The highest BCUT2D eigenvalue weighted by molar-refractivity contribution is 5.34. The number of nitrogen functional groups attached to an aromatic ring is 1. The Kier molecular flexibility index (Phi) is 7.10. The predicted octanol–water partition coefficient (Wildman–Crippen LogP) is 2.50. The molecule has 0 amide bonds. The Bertz CT molecular complexity index is 772. The maximum Gasteiger partial charge on any atom is 0.416 e. The molecule has 1 aromatic carbocycles. The molecular weight excluding hydrogens is 379 g/mol. The maximum atomic E-state index is 12.6. The van der Waals surface area contributed by atoms with Gasteiger partial charge in [-0.1, -0.05) is 12.1 Å². The van der Waals surface area contributed by atoms with Gasteiger partial charge in [0.1, 0.15) is 5.82 Å². The summed E-state index contributed by atoms with van der Waals surface area (Å²) >= 11 is 0. The summed E-state index contributed by atoms with van der Waals surface area (Å²) in [6, 6.07) is 9.57. The van der Waals surface area contributed by atoms with Crippen LogP contribution in [0.1, 0.15) is 22.4 Å². The first kappa shape index (κ1) is 21.5. The highest BCUT2D eigenvalue weighted by Crippen LogP contribution is 2.29.